The van der Waals surface area contributed by atoms with Crippen LogP contribution in [-0.2, 0) is 21.1 Å². The van der Waals surface area contributed by atoms with Gasteiger partial charge < -0.3 is 9.53 Å². The summed E-state index contributed by atoms with van der Waals surface area (Å²) in [5, 5.41) is 2.74. The standard InChI is InChI=1S/C14H20N2O2.C12H13F3O/c1-10-7-6-8-12(11(10)9-15-5)16-13(17)18-14(2,3)4;1-3-11(2,8-16)9-4-6-10(7-5-9)12(13,14)15/h6-9H,1-5H3,(H,16,17);4-8H,3H2,1-2H3. The van der Waals surface area contributed by atoms with Crippen molar-refractivity contribution in [3.05, 3.63) is 64.7 Å². The molecule has 2 aromatic carbocycles. The Kier molecular flexibility index (Phi) is 10.0. The van der Waals surface area contributed by atoms with Crippen LogP contribution in [0.2, 0.25) is 0 Å². The van der Waals surface area contributed by atoms with E-state index in [4.69, 9.17) is 4.74 Å². The van der Waals surface area contributed by atoms with Crippen LogP contribution in [0, 0.1) is 6.92 Å². The quantitative estimate of drug-likeness (QED) is 0.373. The molecule has 2 rings (SSSR count). The molecule has 0 saturated heterocycles. The van der Waals surface area contributed by atoms with Gasteiger partial charge in [-0.1, -0.05) is 31.2 Å². The lowest BCUT2D eigenvalue weighted by molar-refractivity contribution is -0.137. The Balaban J connectivity index is 0.000000342. The second kappa shape index (κ2) is 11.8. The second-order valence-electron chi connectivity index (χ2n) is 9.01. The molecule has 0 aliphatic rings. The van der Waals surface area contributed by atoms with Crippen molar-refractivity contribution in [1.82, 2.24) is 0 Å². The van der Waals surface area contributed by atoms with Crippen molar-refractivity contribution in [3.63, 3.8) is 0 Å². The van der Waals surface area contributed by atoms with Crippen LogP contribution in [0.5, 0.6) is 0 Å². The third-order valence-electron chi connectivity index (χ3n) is 5.08. The smallest absolute Gasteiger partial charge is 0.416 e. The summed E-state index contributed by atoms with van der Waals surface area (Å²) < 4.78 is 42.2. The van der Waals surface area contributed by atoms with Crippen molar-refractivity contribution in [2.75, 3.05) is 12.4 Å². The maximum atomic E-state index is 12.3. The van der Waals surface area contributed by atoms with E-state index in [1.807, 2.05) is 52.8 Å². The molecular formula is C26H33F3N2O3. The van der Waals surface area contributed by atoms with Gasteiger partial charge in [0.05, 0.1) is 11.3 Å². The highest BCUT2D eigenvalue weighted by molar-refractivity contribution is 5.95. The molecule has 2 aromatic rings. The van der Waals surface area contributed by atoms with Gasteiger partial charge in [-0.2, -0.15) is 13.2 Å². The first-order valence-corrected chi connectivity index (χ1v) is 10.8. The maximum absolute atomic E-state index is 12.3. The Hall–Kier alpha value is -3.16. The minimum atomic E-state index is -4.33. The van der Waals surface area contributed by atoms with E-state index in [2.05, 4.69) is 10.3 Å². The number of benzene rings is 2. The van der Waals surface area contributed by atoms with Crippen molar-refractivity contribution in [2.45, 2.75) is 65.2 Å². The molecule has 0 fully saturated rings. The predicted octanol–water partition coefficient (Wildman–Crippen LogP) is 6.96. The Morgan fingerprint density at radius 2 is 1.59 bits per heavy atom. The van der Waals surface area contributed by atoms with Crippen LogP contribution in [0.15, 0.2) is 47.5 Å². The third kappa shape index (κ3) is 8.65. The molecule has 1 atom stereocenters. The molecule has 0 saturated carbocycles. The van der Waals surface area contributed by atoms with Crippen LogP contribution < -0.4 is 5.32 Å². The van der Waals surface area contributed by atoms with Crippen LogP contribution in [0.25, 0.3) is 0 Å². The van der Waals surface area contributed by atoms with Crippen molar-refractivity contribution in [2.24, 2.45) is 4.99 Å². The van der Waals surface area contributed by atoms with Crippen molar-refractivity contribution < 1.29 is 27.5 Å². The van der Waals surface area contributed by atoms with Crippen molar-refractivity contribution in [1.29, 1.82) is 0 Å². The number of alkyl halides is 3. The molecule has 0 aliphatic heterocycles. The molecule has 0 aliphatic carbocycles. The number of carbonyl (C=O) groups excluding carboxylic acids is 2. The molecule has 8 heteroatoms. The lowest BCUT2D eigenvalue weighted by Crippen LogP contribution is -2.27. The summed E-state index contributed by atoms with van der Waals surface area (Å²) in [6.07, 6.45) is -1.74. The van der Waals surface area contributed by atoms with Gasteiger partial charge in [0.25, 0.3) is 0 Å². The zero-order valence-corrected chi connectivity index (χ0v) is 20.7. The first-order valence-electron chi connectivity index (χ1n) is 10.8. The van der Waals surface area contributed by atoms with Crippen LogP contribution >= 0.6 is 0 Å². The molecule has 1 unspecified atom stereocenters. The number of carbonyl (C=O) groups is 2. The van der Waals surface area contributed by atoms with Gasteiger partial charge >= 0.3 is 12.3 Å². The lowest BCUT2D eigenvalue weighted by Gasteiger charge is -2.21. The minimum absolute atomic E-state index is 0.459. The van der Waals surface area contributed by atoms with E-state index in [0.29, 0.717) is 17.7 Å². The molecule has 0 heterocycles. The van der Waals surface area contributed by atoms with Crippen LogP contribution in [0.4, 0.5) is 23.7 Å². The van der Waals surface area contributed by atoms with E-state index in [1.165, 1.54) is 12.1 Å². The first-order chi connectivity index (χ1) is 15.7. The highest BCUT2D eigenvalue weighted by Gasteiger charge is 2.31. The Labute approximate surface area is 199 Å². The number of ether oxygens (including phenoxy) is 1. The minimum Gasteiger partial charge on any atom is -0.444 e. The summed E-state index contributed by atoms with van der Waals surface area (Å²) in [5.74, 6) is 0. The summed E-state index contributed by atoms with van der Waals surface area (Å²) in [6, 6.07) is 10.4. The van der Waals surface area contributed by atoms with Gasteiger partial charge in [0.1, 0.15) is 11.9 Å². The van der Waals surface area contributed by atoms with Gasteiger partial charge in [-0.15, -0.1) is 0 Å². The van der Waals surface area contributed by atoms with E-state index < -0.39 is 28.8 Å². The fourth-order valence-electron chi connectivity index (χ4n) is 2.90. The van der Waals surface area contributed by atoms with Crippen molar-refractivity contribution in [3.8, 4) is 0 Å². The zero-order chi connectivity index (χ0) is 26.2. The number of nitrogens with one attached hydrogen (secondary N) is 1. The molecule has 34 heavy (non-hydrogen) atoms. The predicted molar refractivity (Wildman–Crippen MR) is 130 cm³/mol. The number of rotatable bonds is 5. The summed E-state index contributed by atoms with van der Waals surface area (Å²) in [7, 11) is 1.70. The topological polar surface area (TPSA) is 67.8 Å². The number of anilines is 1. The summed E-state index contributed by atoms with van der Waals surface area (Å²) in [6.45, 7) is 11.0. The molecule has 1 amide bonds. The number of nitrogens with zero attached hydrogens (tertiary/aromatic N) is 1. The number of amides is 1. The highest BCUT2D eigenvalue weighted by atomic mass is 19.4. The molecule has 1 N–H and O–H groups in total. The van der Waals surface area contributed by atoms with Gasteiger partial charge in [0.15, 0.2) is 0 Å². The molecule has 186 valence electrons. The molecule has 0 aromatic heterocycles. The SMILES string of the molecule is CCC(C)(C=O)c1ccc(C(F)(F)F)cc1.CN=Cc1c(C)cccc1NC(=O)OC(C)(C)C. The maximum Gasteiger partial charge on any atom is 0.416 e. The summed E-state index contributed by atoms with van der Waals surface area (Å²) >= 11 is 0. The largest absolute Gasteiger partial charge is 0.444 e. The summed E-state index contributed by atoms with van der Waals surface area (Å²) in [5.41, 5.74) is 1.35. The number of hydrogen-bond donors (Lipinski definition) is 1. The molecule has 0 bridgehead atoms. The van der Waals surface area contributed by atoms with Gasteiger partial charge in [0, 0.05) is 24.2 Å². The van der Waals surface area contributed by atoms with Crippen molar-refractivity contribution >= 4 is 24.3 Å². The molecular weight excluding hydrogens is 445 g/mol. The van der Waals surface area contributed by atoms with Crippen LogP contribution in [0.1, 0.15) is 63.3 Å². The normalized spacial score (nSPS) is 13.5. The Bertz CT molecular complexity index is 994. The average Bonchev–Trinajstić information content (AvgIpc) is 2.74. The fourth-order valence-corrected chi connectivity index (χ4v) is 2.90. The second-order valence-corrected chi connectivity index (χ2v) is 9.01. The summed E-state index contributed by atoms with van der Waals surface area (Å²) in [4.78, 5) is 26.6. The van der Waals surface area contributed by atoms with E-state index in [9.17, 15) is 22.8 Å². The zero-order valence-electron chi connectivity index (χ0n) is 20.7. The Morgan fingerprint density at radius 3 is 2.03 bits per heavy atom. The van der Waals surface area contributed by atoms with E-state index in [0.717, 1.165) is 29.5 Å². The van der Waals surface area contributed by atoms with Gasteiger partial charge in [-0.25, -0.2) is 4.79 Å². The fraction of sp³-hybridized carbons (Fsp3) is 0.423. The molecule has 5 nitrogen and oxygen atoms in total. The molecule has 0 spiro atoms. The van der Waals surface area contributed by atoms with Crippen LogP contribution in [0.3, 0.4) is 0 Å². The number of aliphatic imine (C=N–C) groups is 1. The van der Waals surface area contributed by atoms with Gasteiger partial charge in [0.2, 0.25) is 0 Å². The van der Waals surface area contributed by atoms with Gasteiger partial charge in [-0.3, -0.25) is 10.3 Å². The number of aryl methyl sites for hydroxylation is 1. The number of aldehydes is 1. The van der Waals surface area contributed by atoms with Crippen LogP contribution in [-0.4, -0.2) is 31.2 Å². The third-order valence-corrected chi connectivity index (χ3v) is 5.08. The number of hydrogen-bond acceptors (Lipinski definition) is 4. The average molecular weight is 479 g/mol. The first kappa shape index (κ1) is 28.9. The van der Waals surface area contributed by atoms with Gasteiger partial charge in [-0.05, 0) is 70.4 Å². The number of halogens is 3. The van der Waals surface area contributed by atoms with E-state index in [1.54, 1.807) is 20.2 Å². The highest BCUT2D eigenvalue weighted by Crippen LogP contribution is 2.32. The Morgan fingerprint density at radius 1 is 1.03 bits per heavy atom. The monoisotopic (exact) mass is 478 g/mol. The van der Waals surface area contributed by atoms with E-state index >= 15 is 0 Å². The van der Waals surface area contributed by atoms with E-state index in [-0.39, 0.29) is 0 Å². The lowest BCUT2D eigenvalue weighted by atomic mass is 9.81. The molecule has 0 radical (unpaired) electrons.